The number of thiazole rings is 1. The van der Waals surface area contributed by atoms with Gasteiger partial charge in [-0.3, -0.25) is 29.4 Å². The van der Waals surface area contributed by atoms with Crippen molar-refractivity contribution in [3.8, 4) is 10.6 Å². The molecule has 0 saturated carbocycles. The van der Waals surface area contributed by atoms with Crippen molar-refractivity contribution in [2.75, 3.05) is 5.32 Å². The van der Waals surface area contributed by atoms with E-state index in [1.807, 2.05) is 36.4 Å². The van der Waals surface area contributed by atoms with E-state index in [0.29, 0.717) is 16.3 Å². The van der Waals surface area contributed by atoms with Crippen LogP contribution in [-0.2, 0) is 4.79 Å². The van der Waals surface area contributed by atoms with Crippen molar-refractivity contribution in [2.45, 2.75) is 13.0 Å². The number of nitro benzene ring substituents is 1. The summed E-state index contributed by atoms with van der Waals surface area (Å²) in [6.45, 7) is 1.41. The molecule has 1 atom stereocenters. The highest BCUT2D eigenvalue weighted by Gasteiger charge is 2.44. The summed E-state index contributed by atoms with van der Waals surface area (Å²) in [5, 5.41) is 14.8. The van der Waals surface area contributed by atoms with E-state index in [9.17, 15) is 24.5 Å². The lowest BCUT2D eigenvalue weighted by atomic mass is 10.1. The van der Waals surface area contributed by atoms with Crippen LogP contribution in [0.4, 0.5) is 11.4 Å². The zero-order valence-corrected chi connectivity index (χ0v) is 18.5. The molecule has 1 aromatic heterocycles. The number of nitro groups is 1. The number of hydrogen-bond donors (Lipinski definition) is 1. The highest BCUT2D eigenvalue weighted by Crippen LogP contribution is 2.35. The molecule has 0 radical (unpaired) electrons. The molecular formula is C24H16N4O5S. The Hall–Kier alpha value is -4.44. The first-order valence-electron chi connectivity index (χ1n) is 10.3. The molecule has 0 aliphatic carbocycles. The molecule has 5 rings (SSSR count). The fourth-order valence-corrected chi connectivity index (χ4v) is 4.92. The minimum Gasteiger partial charge on any atom is -0.324 e. The minimum absolute atomic E-state index is 0.0891. The maximum atomic E-state index is 13.1. The van der Waals surface area contributed by atoms with E-state index in [0.717, 1.165) is 21.2 Å². The number of carbonyl (C=O) groups is 3. The molecule has 0 spiro atoms. The number of nitrogens with one attached hydrogen (secondary N) is 1. The molecule has 0 bridgehead atoms. The van der Waals surface area contributed by atoms with Crippen LogP contribution < -0.4 is 5.32 Å². The Morgan fingerprint density at radius 2 is 1.71 bits per heavy atom. The van der Waals surface area contributed by atoms with Gasteiger partial charge in [-0.05, 0) is 37.3 Å². The van der Waals surface area contributed by atoms with Crippen molar-refractivity contribution < 1.29 is 19.3 Å². The Labute approximate surface area is 196 Å². The van der Waals surface area contributed by atoms with Gasteiger partial charge < -0.3 is 5.32 Å². The first-order valence-corrected chi connectivity index (χ1v) is 11.1. The number of anilines is 1. The quantitative estimate of drug-likeness (QED) is 0.259. The topological polar surface area (TPSA) is 123 Å². The molecule has 4 aromatic rings. The summed E-state index contributed by atoms with van der Waals surface area (Å²) < 4.78 is 1.000. The lowest BCUT2D eigenvalue weighted by Crippen LogP contribution is -2.45. The van der Waals surface area contributed by atoms with E-state index >= 15 is 0 Å². The Morgan fingerprint density at radius 3 is 2.47 bits per heavy atom. The Bertz CT molecular complexity index is 1480. The standard InChI is InChI=1S/C24H16N4O5S/c1-13(27-23(30)15-8-6-11-18(28(32)33)20(15)24(27)31)21(29)25-16-9-3-2-7-14(16)22-26-17-10-4-5-12-19(17)34-22/h2-13H,1H3,(H,25,29). The summed E-state index contributed by atoms with van der Waals surface area (Å²) in [5.74, 6) is -2.22. The van der Waals surface area contributed by atoms with Crippen LogP contribution in [-0.4, -0.2) is 38.6 Å². The SMILES string of the molecule is CC(C(=O)Nc1ccccc1-c1nc2ccccc2s1)N1C(=O)c2cccc([N+](=O)[O-])c2C1=O. The molecular weight excluding hydrogens is 456 g/mol. The van der Waals surface area contributed by atoms with Crippen molar-refractivity contribution in [3.63, 3.8) is 0 Å². The minimum atomic E-state index is -1.20. The van der Waals surface area contributed by atoms with Gasteiger partial charge >= 0.3 is 0 Å². The lowest BCUT2D eigenvalue weighted by Gasteiger charge is -2.22. The van der Waals surface area contributed by atoms with Crippen molar-refractivity contribution >= 4 is 50.6 Å². The Balaban J connectivity index is 1.44. The zero-order chi connectivity index (χ0) is 24.0. The van der Waals surface area contributed by atoms with Gasteiger partial charge in [0.05, 0.1) is 26.4 Å². The molecule has 2 heterocycles. The maximum Gasteiger partial charge on any atom is 0.282 e. The Kier molecular flexibility index (Phi) is 5.14. The van der Waals surface area contributed by atoms with E-state index in [4.69, 9.17) is 0 Å². The number of amides is 3. The molecule has 0 saturated heterocycles. The molecule has 0 fully saturated rings. The maximum absolute atomic E-state index is 13.1. The number of benzene rings is 3. The molecule has 1 aliphatic heterocycles. The van der Waals surface area contributed by atoms with Gasteiger partial charge in [-0.1, -0.05) is 30.3 Å². The molecule has 3 aromatic carbocycles. The van der Waals surface area contributed by atoms with E-state index in [1.54, 1.807) is 12.1 Å². The van der Waals surface area contributed by atoms with Crippen molar-refractivity contribution in [1.29, 1.82) is 0 Å². The van der Waals surface area contributed by atoms with Crippen LogP contribution in [0.25, 0.3) is 20.8 Å². The van der Waals surface area contributed by atoms with Gasteiger partial charge in [0.15, 0.2) is 0 Å². The van der Waals surface area contributed by atoms with Crippen molar-refractivity contribution in [1.82, 2.24) is 9.88 Å². The van der Waals surface area contributed by atoms with E-state index in [1.165, 1.54) is 30.4 Å². The summed E-state index contributed by atoms with van der Waals surface area (Å²) in [6, 6.07) is 17.4. The average molecular weight is 472 g/mol. The van der Waals surface area contributed by atoms with Gasteiger partial charge in [0.1, 0.15) is 16.6 Å². The number of fused-ring (bicyclic) bond motifs is 2. The van der Waals surface area contributed by atoms with Crippen LogP contribution in [0.2, 0.25) is 0 Å². The first kappa shape index (κ1) is 21.4. The van der Waals surface area contributed by atoms with E-state index in [2.05, 4.69) is 10.3 Å². The third-order valence-electron chi connectivity index (χ3n) is 5.60. The second kappa shape index (κ2) is 8.16. The third kappa shape index (κ3) is 3.41. The van der Waals surface area contributed by atoms with Gasteiger partial charge in [-0.15, -0.1) is 11.3 Å². The van der Waals surface area contributed by atoms with Crippen LogP contribution in [0, 0.1) is 10.1 Å². The number of rotatable bonds is 5. The smallest absolute Gasteiger partial charge is 0.282 e. The number of nitrogens with zero attached hydrogens (tertiary/aromatic N) is 3. The summed E-state index contributed by atoms with van der Waals surface area (Å²) in [4.78, 5) is 54.9. The third-order valence-corrected chi connectivity index (χ3v) is 6.67. The fourth-order valence-electron chi connectivity index (χ4n) is 3.91. The van der Waals surface area contributed by atoms with Crippen LogP contribution >= 0.6 is 11.3 Å². The van der Waals surface area contributed by atoms with Crippen LogP contribution in [0.1, 0.15) is 27.6 Å². The number of aromatic nitrogens is 1. The number of carbonyl (C=O) groups excluding carboxylic acids is 3. The highest BCUT2D eigenvalue weighted by atomic mass is 32.1. The molecule has 1 unspecified atom stereocenters. The second-order valence-corrected chi connectivity index (χ2v) is 8.67. The molecule has 168 valence electrons. The monoisotopic (exact) mass is 472 g/mol. The van der Waals surface area contributed by atoms with Gasteiger partial charge in [-0.25, -0.2) is 4.98 Å². The van der Waals surface area contributed by atoms with Crippen LogP contribution in [0.3, 0.4) is 0 Å². The predicted molar refractivity (Wildman–Crippen MR) is 127 cm³/mol. The summed E-state index contributed by atoms with van der Waals surface area (Å²) in [7, 11) is 0. The van der Waals surface area contributed by atoms with Gasteiger partial charge in [0.25, 0.3) is 17.5 Å². The Morgan fingerprint density at radius 1 is 1.00 bits per heavy atom. The van der Waals surface area contributed by atoms with Gasteiger partial charge in [0.2, 0.25) is 5.91 Å². The molecule has 1 N–H and O–H groups in total. The van der Waals surface area contributed by atoms with Crippen LogP contribution in [0.5, 0.6) is 0 Å². The van der Waals surface area contributed by atoms with Crippen molar-refractivity contribution in [3.05, 3.63) is 88.0 Å². The van der Waals surface area contributed by atoms with Gasteiger partial charge in [0, 0.05) is 11.6 Å². The lowest BCUT2D eigenvalue weighted by molar-refractivity contribution is -0.385. The molecule has 10 heteroatoms. The molecule has 9 nitrogen and oxygen atoms in total. The van der Waals surface area contributed by atoms with E-state index in [-0.39, 0.29) is 11.1 Å². The van der Waals surface area contributed by atoms with E-state index < -0.39 is 34.4 Å². The second-order valence-electron chi connectivity index (χ2n) is 7.63. The zero-order valence-electron chi connectivity index (χ0n) is 17.7. The highest BCUT2D eigenvalue weighted by molar-refractivity contribution is 7.21. The number of para-hydroxylation sites is 2. The average Bonchev–Trinajstić information content (AvgIpc) is 3.38. The molecule has 34 heavy (non-hydrogen) atoms. The predicted octanol–water partition coefficient (Wildman–Crippen LogP) is 4.49. The first-order chi connectivity index (χ1) is 16.4. The normalized spacial score (nSPS) is 13.7. The number of hydrogen-bond acceptors (Lipinski definition) is 7. The summed E-state index contributed by atoms with van der Waals surface area (Å²) in [6.07, 6.45) is 0. The fraction of sp³-hybridized carbons (Fsp3) is 0.0833. The summed E-state index contributed by atoms with van der Waals surface area (Å²) in [5.41, 5.74) is 1.15. The largest absolute Gasteiger partial charge is 0.324 e. The molecule has 1 aliphatic rings. The van der Waals surface area contributed by atoms with Crippen LogP contribution in [0.15, 0.2) is 66.7 Å². The number of imide groups is 1. The summed E-state index contributed by atoms with van der Waals surface area (Å²) >= 11 is 1.48. The van der Waals surface area contributed by atoms with Crippen molar-refractivity contribution in [2.24, 2.45) is 0 Å². The van der Waals surface area contributed by atoms with Gasteiger partial charge in [-0.2, -0.15) is 0 Å². The molecule has 3 amide bonds.